The van der Waals surface area contributed by atoms with Gasteiger partial charge >= 0.3 is 6.09 Å². The Labute approximate surface area is 169 Å². The molecule has 8 heteroatoms. The van der Waals surface area contributed by atoms with E-state index in [0.717, 1.165) is 19.0 Å². The van der Waals surface area contributed by atoms with E-state index in [0.29, 0.717) is 13.1 Å². The number of carbonyl (C=O) groups excluding carboxylic acids is 1. The molecule has 1 aliphatic heterocycles. The van der Waals surface area contributed by atoms with E-state index in [-0.39, 0.29) is 24.0 Å². The van der Waals surface area contributed by atoms with Crippen LogP contribution >= 0.6 is 24.0 Å². The zero-order valence-electron chi connectivity index (χ0n) is 16.2. The van der Waals surface area contributed by atoms with Crippen molar-refractivity contribution in [2.75, 3.05) is 46.3 Å². The van der Waals surface area contributed by atoms with Gasteiger partial charge in [-0.2, -0.15) is 0 Å². The number of ether oxygens (including phenoxy) is 1. The summed E-state index contributed by atoms with van der Waals surface area (Å²) in [5.74, 6) is 0.760. The largest absolute Gasteiger partial charge is 0.444 e. The van der Waals surface area contributed by atoms with Gasteiger partial charge in [-0.3, -0.25) is 4.99 Å². The van der Waals surface area contributed by atoms with Crippen molar-refractivity contribution >= 4 is 36.0 Å². The molecule has 0 aromatic rings. The van der Waals surface area contributed by atoms with E-state index in [1.165, 1.54) is 38.8 Å². The molecule has 148 valence electrons. The summed E-state index contributed by atoms with van der Waals surface area (Å²) in [5, 5.41) is 9.22. The molecule has 7 nitrogen and oxygen atoms in total. The molecule has 0 saturated carbocycles. The number of carbonyl (C=O) groups is 1. The first-order valence-corrected chi connectivity index (χ1v) is 9.04. The second-order valence-electron chi connectivity index (χ2n) is 7.11. The van der Waals surface area contributed by atoms with Crippen LogP contribution < -0.4 is 16.0 Å². The van der Waals surface area contributed by atoms with Crippen molar-refractivity contribution in [2.45, 2.75) is 52.1 Å². The molecule has 1 heterocycles. The predicted octanol–water partition coefficient (Wildman–Crippen LogP) is 2.17. The van der Waals surface area contributed by atoms with Crippen molar-refractivity contribution < 1.29 is 9.53 Å². The molecule has 1 aliphatic rings. The second kappa shape index (κ2) is 13.4. The monoisotopic (exact) mass is 469 g/mol. The van der Waals surface area contributed by atoms with Gasteiger partial charge in [-0.25, -0.2) is 4.79 Å². The van der Waals surface area contributed by atoms with Crippen LogP contribution in [0, 0.1) is 0 Å². The standard InChI is InChI=1S/C17H35N5O2.HI/c1-17(2,3)24-16(23)21-10-9-19-15(18-4)20-11-14-22-12-7-5-6-8-13-22;/h5-14H2,1-4H3,(H,21,23)(H2,18,19,20);1H. The van der Waals surface area contributed by atoms with Crippen LogP contribution in [0.5, 0.6) is 0 Å². The molecule has 1 fully saturated rings. The molecule has 0 unspecified atom stereocenters. The first-order valence-electron chi connectivity index (χ1n) is 9.04. The number of halogens is 1. The number of guanidine groups is 1. The minimum Gasteiger partial charge on any atom is -0.444 e. The van der Waals surface area contributed by atoms with E-state index >= 15 is 0 Å². The molecule has 0 aromatic carbocycles. The molecule has 0 aromatic heterocycles. The smallest absolute Gasteiger partial charge is 0.407 e. The average Bonchev–Trinajstić information content (AvgIpc) is 2.76. The zero-order chi connectivity index (χ0) is 17.8. The third kappa shape index (κ3) is 13.1. The lowest BCUT2D eigenvalue weighted by atomic mass is 10.2. The van der Waals surface area contributed by atoms with Gasteiger partial charge in [0.2, 0.25) is 0 Å². The van der Waals surface area contributed by atoms with Crippen LogP contribution in [0.2, 0.25) is 0 Å². The number of amides is 1. The SMILES string of the molecule is CN=C(NCCNC(=O)OC(C)(C)C)NCCN1CCCCCC1.I. The van der Waals surface area contributed by atoms with Gasteiger partial charge in [0.1, 0.15) is 5.60 Å². The summed E-state index contributed by atoms with van der Waals surface area (Å²) < 4.78 is 5.18. The Bertz CT molecular complexity index is 391. The second-order valence-corrected chi connectivity index (χ2v) is 7.11. The fraction of sp³-hybridized carbons (Fsp3) is 0.882. The van der Waals surface area contributed by atoms with Crippen molar-refractivity contribution in [3.8, 4) is 0 Å². The van der Waals surface area contributed by atoms with Crippen molar-refractivity contribution in [3.05, 3.63) is 0 Å². The normalized spacial score (nSPS) is 16.4. The van der Waals surface area contributed by atoms with E-state index in [1.807, 2.05) is 20.8 Å². The summed E-state index contributed by atoms with van der Waals surface area (Å²) >= 11 is 0. The Hall–Kier alpha value is -0.770. The van der Waals surface area contributed by atoms with Crippen LogP contribution in [0.4, 0.5) is 4.79 Å². The number of nitrogens with one attached hydrogen (secondary N) is 3. The molecular weight excluding hydrogens is 433 g/mol. The van der Waals surface area contributed by atoms with Crippen LogP contribution in [0.3, 0.4) is 0 Å². The lowest BCUT2D eigenvalue weighted by Gasteiger charge is -2.21. The van der Waals surface area contributed by atoms with Crippen LogP contribution in [0.1, 0.15) is 46.5 Å². The van der Waals surface area contributed by atoms with E-state index in [1.54, 1.807) is 7.05 Å². The molecule has 0 radical (unpaired) electrons. The number of hydrogen-bond acceptors (Lipinski definition) is 4. The number of aliphatic imine (C=N–C) groups is 1. The van der Waals surface area contributed by atoms with Gasteiger partial charge < -0.3 is 25.6 Å². The highest BCUT2D eigenvalue weighted by atomic mass is 127. The third-order valence-electron chi connectivity index (χ3n) is 3.73. The maximum Gasteiger partial charge on any atom is 0.407 e. The van der Waals surface area contributed by atoms with Crippen molar-refractivity contribution in [3.63, 3.8) is 0 Å². The van der Waals surface area contributed by atoms with Crippen LogP contribution in [0.25, 0.3) is 0 Å². The zero-order valence-corrected chi connectivity index (χ0v) is 18.5. The minimum absolute atomic E-state index is 0. The molecule has 3 N–H and O–H groups in total. The first-order chi connectivity index (χ1) is 11.4. The Morgan fingerprint density at radius 1 is 1.00 bits per heavy atom. The highest BCUT2D eigenvalue weighted by molar-refractivity contribution is 14.0. The quantitative estimate of drug-likeness (QED) is 0.241. The number of alkyl carbamates (subject to hydrolysis) is 1. The third-order valence-corrected chi connectivity index (χ3v) is 3.73. The average molecular weight is 469 g/mol. The summed E-state index contributed by atoms with van der Waals surface area (Å²) in [6, 6.07) is 0. The van der Waals surface area contributed by atoms with E-state index in [2.05, 4.69) is 25.8 Å². The van der Waals surface area contributed by atoms with Crippen molar-refractivity contribution in [2.24, 2.45) is 4.99 Å². The van der Waals surface area contributed by atoms with E-state index in [4.69, 9.17) is 4.74 Å². The fourth-order valence-corrected chi connectivity index (χ4v) is 2.57. The molecular formula is C17H36IN5O2. The maximum absolute atomic E-state index is 11.5. The summed E-state index contributed by atoms with van der Waals surface area (Å²) in [6.07, 6.45) is 4.94. The molecule has 0 atom stereocenters. The van der Waals surface area contributed by atoms with Gasteiger partial charge in [-0.1, -0.05) is 12.8 Å². The van der Waals surface area contributed by atoms with Gasteiger partial charge in [0.05, 0.1) is 0 Å². The molecule has 1 saturated heterocycles. The lowest BCUT2D eigenvalue weighted by molar-refractivity contribution is 0.0529. The Balaban J connectivity index is 0.00000576. The number of likely N-dealkylation sites (tertiary alicyclic amines) is 1. The number of nitrogens with zero attached hydrogens (tertiary/aromatic N) is 2. The van der Waals surface area contributed by atoms with Crippen LogP contribution in [0.15, 0.2) is 4.99 Å². The van der Waals surface area contributed by atoms with Crippen LogP contribution in [-0.4, -0.2) is 68.9 Å². The molecule has 1 rings (SSSR count). The van der Waals surface area contributed by atoms with Crippen LogP contribution in [-0.2, 0) is 4.74 Å². The summed E-state index contributed by atoms with van der Waals surface area (Å²) in [7, 11) is 1.75. The van der Waals surface area contributed by atoms with Crippen molar-refractivity contribution in [1.82, 2.24) is 20.9 Å². The molecule has 0 aliphatic carbocycles. The van der Waals surface area contributed by atoms with Gasteiger partial charge in [0.15, 0.2) is 5.96 Å². The molecule has 1 amide bonds. The van der Waals surface area contributed by atoms with Crippen molar-refractivity contribution in [1.29, 1.82) is 0 Å². The predicted molar refractivity (Wildman–Crippen MR) is 114 cm³/mol. The Kier molecular flexibility index (Phi) is 13.0. The Morgan fingerprint density at radius 2 is 1.56 bits per heavy atom. The molecule has 0 bridgehead atoms. The topological polar surface area (TPSA) is 78.0 Å². The Morgan fingerprint density at radius 3 is 2.12 bits per heavy atom. The fourth-order valence-electron chi connectivity index (χ4n) is 2.57. The summed E-state index contributed by atoms with van der Waals surface area (Å²) in [5.41, 5.74) is -0.470. The molecule has 25 heavy (non-hydrogen) atoms. The number of rotatable bonds is 6. The van der Waals surface area contributed by atoms with Gasteiger partial charge in [0.25, 0.3) is 0 Å². The maximum atomic E-state index is 11.5. The van der Waals surface area contributed by atoms with Gasteiger partial charge in [-0.05, 0) is 46.7 Å². The van der Waals surface area contributed by atoms with E-state index in [9.17, 15) is 4.79 Å². The minimum atomic E-state index is -0.470. The molecule has 0 spiro atoms. The lowest BCUT2D eigenvalue weighted by Crippen LogP contribution is -2.44. The number of hydrogen-bond donors (Lipinski definition) is 3. The van der Waals surface area contributed by atoms with E-state index < -0.39 is 11.7 Å². The van der Waals surface area contributed by atoms with Gasteiger partial charge in [-0.15, -0.1) is 24.0 Å². The first kappa shape index (κ1) is 24.2. The summed E-state index contributed by atoms with van der Waals surface area (Å²) in [6.45, 7) is 10.9. The summed E-state index contributed by atoms with van der Waals surface area (Å²) in [4.78, 5) is 18.2. The van der Waals surface area contributed by atoms with Gasteiger partial charge in [0, 0.05) is 33.2 Å². The highest BCUT2D eigenvalue weighted by Gasteiger charge is 2.15. The highest BCUT2D eigenvalue weighted by Crippen LogP contribution is 2.08.